The molecule has 0 radical (unpaired) electrons. The van der Waals surface area contributed by atoms with Crippen molar-refractivity contribution in [1.29, 1.82) is 0 Å². The lowest BCUT2D eigenvalue weighted by Crippen LogP contribution is -2.00. The molecule has 3 N–H and O–H groups in total. The molecule has 2 aromatic rings. The van der Waals surface area contributed by atoms with E-state index in [0.29, 0.717) is 10.7 Å². The van der Waals surface area contributed by atoms with Gasteiger partial charge in [-0.3, -0.25) is 0 Å². The van der Waals surface area contributed by atoms with Crippen LogP contribution in [0.15, 0.2) is 42.5 Å². The molecule has 2 aromatic carbocycles. The summed E-state index contributed by atoms with van der Waals surface area (Å²) in [7, 11) is 0. The van der Waals surface area contributed by atoms with Crippen molar-refractivity contribution >= 4 is 23.0 Å². The monoisotopic (exact) mass is 246 g/mol. The zero-order valence-corrected chi connectivity index (χ0v) is 10.5. The number of benzene rings is 2. The second-order valence-electron chi connectivity index (χ2n) is 4.08. The first-order chi connectivity index (χ1) is 8.15. The zero-order valence-electron chi connectivity index (χ0n) is 9.70. The second kappa shape index (κ2) is 5.11. The van der Waals surface area contributed by atoms with Crippen molar-refractivity contribution in [3.63, 3.8) is 0 Å². The van der Waals surface area contributed by atoms with E-state index < -0.39 is 0 Å². The summed E-state index contributed by atoms with van der Waals surface area (Å²) in [6.07, 6.45) is 0. The first-order valence-electron chi connectivity index (χ1n) is 5.49. The van der Waals surface area contributed by atoms with Crippen molar-refractivity contribution < 1.29 is 0 Å². The largest absolute Gasteiger partial charge is 0.399 e. The van der Waals surface area contributed by atoms with Crippen LogP contribution in [0.3, 0.4) is 0 Å². The first kappa shape index (κ1) is 11.8. The van der Waals surface area contributed by atoms with E-state index in [0.717, 1.165) is 12.2 Å². The van der Waals surface area contributed by atoms with Crippen LogP contribution < -0.4 is 11.1 Å². The van der Waals surface area contributed by atoms with Gasteiger partial charge >= 0.3 is 0 Å². The normalized spacial score (nSPS) is 10.2. The molecule has 3 heteroatoms. The Hall–Kier alpha value is -1.67. The maximum absolute atomic E-state index is 6.08. The Labute approximate surface area is 106 Å². The third-order valence-electron chi connectivity index (χ3n) is 2.60. The standard InChI is InChI=1S/C14H15ClN2/c1-10-2-4-11(5-3-10)9-17-14-7-6-12(16)8-13(14)15/h2-8,17H,9,16H2,1H3. The molecule has 0 saturated carbocycles. The second-order valence-corrected chi connectivity index (χ2v) is 4.49. The number of aryl methyl sites for hydroxylation is 1. The van der Waals surface area contributed by atoms with E-state index in [1.807, 2.05) is 12.1 Å². The average Bonchev–Trinajstić information content (AvgIpc) is 2.30. The highest BCUT2D eigenvalue weighted by molar-refractivity contribution is 6.33. The smallest absolute Gasteiger partial charge is 0.0658 e. The number of anilines is 2. The van der Waals surface area contributed by atoms with E-state index in [1.54, 1.807) is 6.07 Å². The quantitative estimate of drug-likeness (QED) is 0.808. The van der Waals surface area contributed by atoms with Crippen molar-refractivity contribution in [2.24, 2.45) is 0 Å². The minimum Gasteiger partial charge on any atom is -0.399 e. The van der Waals surface area contributed by atoms with Crippen LogP contribution in [0.1, 0.15) is 11.1 Å². The zero-order chi connectivity index (χ0) is 12.3. The summed E-state index contributed by atoms with van der Waals surface area (Å²) in [6.45, 7) is 2.83. The van der Waals surface area contributed by atoms with E-state index in [-0.39, 0.29) is 0 Å². The summed E-state index contributed by atoms with van der Waals surface area (Å²) < 4.78 is 0. The highest BCUT2D eigenvalue weighted by Gasteiger charge is 2.00. The van der Waals surface area contributed by atoms with Crippen molar-refractivity contribution in [2.45, 2.75) is 13.5 Å². The van der Waals surface area contributed by atoms with E-state index in [1.165, 1.54) is 11.1 Å². The fraction of sp³-hybridized carbons (Fsp3) is 0.143. The number of rotatable bonds is 3. The lowest BCUT2D eigenvalue weighted by Gasteiger charge is -2.09. The van der Waals surface area contributed by atoms with Gasteiger partial charge in [-0.2, -0.15) is 0 Å². The van der Waals surface area contributed by atoms with Crippen molar-refractivity contribution in [3.8, 4) is 0 Å². The van der Waals surface area contributed by atoms with Gasteiger partial charge in [0.15, 0.2) is 0 Å². The van der Waals surface area contributed by atoms with Gasteiger partial charge in [0.1, 0.15) is 0 Å². The minimum atomic E-state index is 0.650. The first-order valence-corrected chi connectivity index (χ1v) is 5.87. The van der Waals surface area contributed by atoms with Crippen LogP contribution in [-0.4, -0.2) is 0 Å². The Morgan fingerprint density at radius 1 is 1.12 bits per heavy atom. The van der Waals surface area contributed by atoms with Crippen LogP contribution in [0.2, 0.25) is 5.02 Å². The maximum atomic E-state index is 6.08. The molecule has 0 heterocycles. The molecule has 0 aromatic heterocycles. The summed E-state index contributed by atoms with van der Waals surface area (Å²) in [5, 5.41) is 3.94. The van der Waals surface area contributed by atoms with Gasteiger partial charge in [-0.05, 0) is 30.7 Å². The van der Waals surface area contributed by atoms with Crippen LogP contribution in [0.5, 0.6) is 0 Å². The molecule has 0 saturated heterocycles. The van der Waals surface area contributed by atoms with Crippen molar-refractivity contribution in [3.05, 3.63) is 58.6 Å². The lowest BCUT2D eigenvalue weighted by atomic mass is 10.1. The Bertz CT molecular complexity index is 506. The molecule has 0 atom stereocenters. The Morgan fingerprint density at radius 3 is 2.47 bits per heavy atom. The molecule has 0 bridgehead atoms. The summed E-state index contributed by atoms with van der Waals surface area (Å²) in [5.74, 6) is 0. The summed E-state index contributed by atoms with van der Waals surface area (Å²) in [5.41, 5.74) is 9.71. The van der Waals surface area contributed by atoms with Crippen LogP contribution in [0.4, 0.5) is 11.4 Å². The van der Waals surface area contributed by atoms with E-state index in [9.17, 15) is 0 Å². The van der Waals surface area contributed by atoms with Gasteiger partial charge in [-0.15, -0.1) is 0 Å². The Balaban J connectivity index is 2.04. The summed E-state index contributed by atoms with van der Waals surface area (Å²) >= 11 is 6.08. The highest BCUT2D eigenvalue weighted by atomic mass is 35.5. The highest BCUT2D eigenvalue weighted by Crippen LogP contribution is 2.24. The van der Waals surface area contributed by atoms with Gasteiger partial charge in [0, 0.05) is 12.2 Å². The molecule has 0 aliphatic rings. The number of halogens is 1. The lowest BCUT2D eigenvalue weighted by molar-refractivity contribution is 1.14. The predicted molar refractivity (Wildman–Crippen MR) is 74.4 cm³/mol. The third kappa shape index (κ3) is 3.14. The van der Waals surface area contributed by atoms with E-state index in [2.05, 4.69) is 36.5 Å². The van der Waals surface area contributed by atoms with Gasteiger partial charge in [0.25, 0.3) is 0 Å². The van der Waals surface area contributed by atoms with Crippen LogP contribution in [0.25, 0.3) is 0 Å². The molecule has 2 nitrogen and oxygen atoms in total. The maximum Gasteiger partial charge on any atom is 0.0658 e. The van der Waals surface area contributed by atoms with Crippen LogP contribution in [0, 0.1) is 6.92 Å². The molecular formula is C14H15ClN2. The third-order valence-corrected chi connectivity index (χ3v) is 2.91. The van der Waals surface area contributed by atoms with Crippen molar-refractivity contribution in [2.75, 3.05) is 11.1 Å². The van der Waals surface area contributed by atoms with Crippen LogP contribution in [-0.2, 0) is 6.54 Å². The average molecular weight is 247 g/mol. The topological polar surface area (TPSA) is 38.0 Å². The molecule has 0 spiro atoms. The molecule has 0 unspecified atom stereocenters. The SMILES string of the molecule is Cc1ccc(CNc2ccc(N)cc2Cl)cc1. The predicted octanol–water partition coefficient (Wildman–Crippen LogP) is 3.84. The van der Waals surface area contributed by atoms with Crippen molar-refractivity contribution in [1.82, 2.24) is 0 Å². The Morgan fingerprint density at radius 2 is 1.82 bits per heavy atom. The molecule has 0 aliphatic carbocycles. The molecule has 0 fully saturated rings. The van der Waals surface area contributed by atoms with E-state index >= 15 is 0 Å². The molecule has 88 valence electrons. The van der Waals surface area contributed by atoms with Gasteiger partial charge in [0.05, 0.1) is 10.7 Å². The summed E-state index contributed by atoms with van der Waals surface area (Å²) in [6, 6.07) is 13.9. The summed E-state index contributed by atoms with van der Waals surface area (Å²) in [4.78, 5) is 0. The van der Waals surface area contributed by atoms with E-state index in [4.69, 9.17) is 17.3 Å². The molecule has 2 rings (SSSR count). The fourth-order valence-corrected chi connectivity index (χ4v) is 1.83. The fourth-order valence-electron chi connectivity index (χ4n) is 1.58. The number of hydrogen-bond donors (Lipinski definition) is 2. The number of hydrogen-bond acceptors (Lipinski definition) is 2. The number of nitrogens with one attached hydrogen (secondary N) is 1. The molecule has 0 amide bonds. The van der Waals surface area contributed by atoms with Gasteiger partial charge in [0.2, 0.25) is 0 Å². The number of nitrogens with two attached hydrogens (primary N) is 1. The minimum absolute atomic E-state index is 0.650. The Kier molecular flexibility index (Phi) is 3.55. The van der Waals surface area contributed by atoms with Gasteiger partial charge in [-0.25, -0.2) is 0 Å². The molecule has 17 heavy (non-hydrogen) atoms. The van der Waals surface area contributed by atoms with Gasteiger partial charge < -0.3 is 11.1 Å². The molecule has 0 aliphatic heterocycles. The molecular weight excluding hydrogens is 232 g/mol. The number of nitrogen functional groups attached to an aromatic ring is 1. The van der Waals surface area contributed by atoms with Gasteiger partial charge in [-0.1, -0.05) is 41.4 Å². The van der Waals surface area contributed by atoms with Crippen LogP contribution >= 0.6 is 11.6 Å².